The number of hydrogen-bond acceptors (Lipinski definition) is 1. The lowest BCUT2D eigenvalue weighted by Crippen LogP contribution is -2.07. The number of nitrogens with two attached hydrogens (primary N) is 1. The smallest absolute Gasteiger partial charge is 0.221 e. The van der Waals surface area contributed by atoms with Crippen molar-refractivity contribution in [3.05, 3.63) is 41.2 Å². The lowest BCUT2D eigenvalue weighted by atomic mass is 10.1. The van der Waals surface area contributed by atoms with Crippen molar-refractivity contribution < 1.29 is 9.18 Å². The van der Waals surface area contributed by atoms with Crippen LogP contribution in [0.5, 0.6) is 0 Å². The molecule has 14 heavy (non-hydrogen) atoms. The van der Waals surface area contributed by atoms with Crippen molar-refractivity contribution >= 4 is 12.0 Å². The summed E-state index contributed by atoms with van der Waals surface area (Å²) < 4.78 is 13.0. The molecule has 2 N–H and O–H groups in total. The molecule has 1 aromatic rings. The third-order valence-electron chi connectivity index (χ3n) is 1.93. The maximum Gasteiger partial charge on any atom is 0.221 e. The predicted octanol–water partition coefficient (Wildman–Crippen LogP) is 2.02. The highest BCUT2D eigenvalue weighted by molar-refractivity contribution is 5.76. The van der Waals surface area contributed by atoms with Crippen molar-refractivity contribution in [1.29, 1.82) is 0 Å². The van der Waals surface area contributed by atoms with Gasteiger partial charge in [-0.05, 0) is 24.1 Å². The first-order chi connectivity index (χ1) is 6.61. The van der Waals surface area contributed by atoms with Crippen LogP contribution in [0.1, 0.15) is 17.5 Å². The predicted molar refractivity (Wildman–Crippen MR) is 54.0 cm³/mol. The van der Waals surface area contributed by atoms with Gasteiger partial charge >= 0.3 is 0 Å². The summed E-state index contributed by atoms with van der Waals surface area (Å²) in [4.78, 5) is 10.4. The van der Waals surface area contributed by atoms with E-state index in [0.717, 1.165) is 5.56 Å². The van der Waals surface area contributed by atoms with Crippen molar-refractivity contribution in [2.24, 2.45) is 5.73 Å². The zero-order valence-electron chi connectivity index (χ0n) is 7.96. The normalized spacial score (nSPS) is 10.7. The second kappa shape index (κ2) is 4.56. The highest BCUT2D eigenvalue weighted by Crippen LogP contribution is 2.13. The van der Waals surface area contributed by atoms with Crippen LogP contribution >= 0.6 is 0 Å². The molecule has 0 unspecified atom stereocenters. The highest BCUT2D eigenvalue weighted by Gasteiger charge is 1.99. The largest absolute Gasteiger partial charge is 0.369 e. The van der Waals surface area contributed by atoms with Gasteiger partial charge in [-0.1, -0.05) is 24.3 Å². The first kappa shape index (κ1) is 10.4. The third-order valence-corrected chi connectivity index (χ3v) is 1.93. The van der Waals surface area contributed by atoms with Gasteiger partial charge in [-0.3, -0.25) is 4.79 Å². The van der Waals surface area contributed by atoms with E-state index < -0.39 is 5.91 Å². The fourth-order valence-corrected chi connectivity index (χ4v) is 1.11. The van der Waals surface area contributed by atoms with E-state index in [1.807, 2.05) is 0 Å². The van der Waals surface area contributed by atoms with Crippen LogP contribution in [0.2, 0.25) is 0 Å². The summed E-state index contributed by atoms with van der Waals surface area (Å²) in [6.07, 6.45) is 3.50. The van der Waals surface area contributed by atoms with Gasteiger partial charge in [-0.25, -0.2) is 4.39 Å². The van der Waals surface area contributed by atoms with Crippen molar-refractivity contribution in [2.45, 2.75) is 13.3 Å². The van der Waals surface area contributed by atoms with Gasteiger partial charge in [0.15, 0.2) is 0 Å². The topological polar surface area (TPSA) is 43.1 Å². The van der Waals surface area contributed by atoms with Gasteiger partial charge in [0, 0.05) is 6.42 Å². The van der Waals surface area contributed by atoms with Crippen LogP contribution in [-0.2, 0) is 4.79 Å². The fourth-order valence-electron chi connectivity index (χ4n) is 1.11. The molecule has 0 atom stereocenters. The molecule has 1 aromatic carbocycles. The molecule has 0 heterocycles. The van der Waals surface area contributed by atoms with Gasteiger partial charge < -0.3 is 5.73 Å². The molecule has 2 nitrogen and oxygen atoms in total. The lowest BCUT2D eigenvalue weighted by Gasteiger charge is -2.00. The molecule has 0 bridgehead atoms. The van der Waals surface area contributed by atoms with E-state index in [1.54, 1.807) is 31.2 Å². The number of amides is 1. The van der Waals surface area contributed by atoms with Crippen LogP contribution in [0.3, 0.4) is 0 Å². The summed E-state index contributed by atoms with van der Waals surface area (Å²) in [6, 6.07) is 4.82. The van der Waals surface area contributed by atoms with E-state index in [1.165, 1.54) is 6.07 Å². The van der Waals surface area contributed by atoms with Crippen molar-refractivity contribution in [3.8, 4) is 0 Å². The van der Waals surface area contributed by atoms with Gasteiger partial charge in [-0.15, -0.1) is 0 Å². The quantitative estimate of drug-likeness (QED) is 0.784. The second-order valence-electron chi connectivity index (χ2n) is 3.03. The number of rotatable bonds is 3. The number of hydrogen-bond donors (Lipinski definition) is 1. The van der Waals surface area contributed by atoms with E-state index >= 15 is 0 Å². The standard InChI is InChI=1S/C11H12FNO/c1-8-9(4-2-6-10(8)12)5-3-7-11(13)14/h2-6H,7H2,1H3,(H2,13,14). The van der Waals surface area contributed by atoms with E-state index in [0.29, 0.717) is 5.56 Å². The molecule has 0 fully saturated rings. The van der Waals surface area contributed by atoms with Gasteiger partial charge in [0.25, 0.3) is 0 Å². The summed E-state index contributed by atoms with van der Waals surface area (Å²) in [6.45, 7) is 1.69. The molecule has 0 spiro atoms. The lowest BCUT2D eigenvalue weighted by molar-refractivity contribution is -0.117. The average molecular weight is 193 g/mol. The summed E-state index contributed by atoms with van der Waals surface area (Å²) >= 11 is 0. The van der Waals surface area contributed by atoms with E-state index in [2.05, 4.69) is 0 Å². The first-order valence-corrected chi connectivity index (χ1v) is 4.31. The van der Waals surface area contributed by atoms with Crippen molar-refractivity contribution in [3.63, 3.8) is 0 Å². The molecule has 0 saturated carbocycles. The monoisotopic (exact) mass is 193 g/mol. The molecular weight excluding hydrogens is 181 g/mol. The maximum absolute atomic E-state index is 13.0. The average Bonchev–Trinajstić information content (AvgIpc) is 2.12. The molecule has 3 heteroatoms. The number of carbonyl (C=O) groups is 1. The molecule has 74 valence electrons. The molecule has 1 rings (SSSR count). The van der Waals surface area contributed by atoms with E-state index in [9.17, 15) is 9.18 Å². The summed E-state index contributed by atoms with van der Waals surface area (Å²) in [5.74, 6) is -0.637. The van der Waals surface area contributed by atoms with Crippen LogP contribution in [0.4, 0.5) is 4.39 Å². The van der Waals surface area contributed by atoms with Crippen LogP contribution < -0.4 is 5.73 Å². The van der Waals surface area contributed by atoms with E-state index in [4.69, 9.17) is 5.73 Å². The van der Waals surface area contributed by atoms with Crippen molar-refractivity contribution in [2.75, 3.05) is 0 Å². The zero-order chi connectivity index (χ0) is 10.6. The zero-order valence-corrected chi connectivity index (χ0v) is 7.96. The Morgan fingerprint density at radius 3 is 2.93 bits per heavy atom. The van der Waals surface area contributed by atoms with Crippen LogP contribution in [0.15, 0.2) is 24.3 Å². The minimum absolute atomic E-state index is 0.177. The summed E-state index contributed by atoms with van der Waals surface area (Å²) in [5, 5.41) is 0. The molecule has 0 aromatic heterocycles. The minimum Gasteiger partial charge on any atom is -0.369 e. The molecule has 0 aliphatic carbocycles. The molecule has 0 radical (unpaired) electrons. The third kappa shape index (κ3) is 2.69. The molecule has 0 saturated heterocycles. The Kier molecular flexibility index (Phi) is 3.40. The Morgan fingerprint density at radius 2 is 2.29 bits per heavy atom. The van der Waals surface area contributed by atoms with Gasteiger partial charge in [0.2, 0.25) is 5.91 Å². The Labute approximate surface area is 82.2 Å². The van der Waals surface area contributed by atoms with Crippen LogP contribution in [0.25, 0.3) is 6.08 Å². The first-order valence-electron chi connectivity index (χ1n) is 4.31. The van der Waals surface area contributed by atoms with Gasteiger partial charge in [0.05, 0.1) is 0 Å². The molecule has 1 amide bonds. The Morgan fingerprint density at radius 1 is 1.57 bits per heavy atom. The Hall–Kier alpha value is -1.64. The summed E-state index contributed by atoms with van der Waals surface area (Å²) in [5.41, 5.74) is 6.31. The number of primary amides is 1. The number of carbonyl (C=O) groups excluding carboxylic acids is 1. The number of halogens is 1. The summed E-state index contributed by atoms with van der Waals surface area (Å²) in [7, 11) is 0. The Balaban J connectivity index is 2.81. The van der Waals surface area contributed by atoms with Gasteiger partial charge in [0.1, 0.15) is 5.82 Å². The fraction of sp³-hybridized carbons (Fsp3) is 0.182. The van der Waals surface area contributed by atoms with Crippen LogP contribution in [-0.4, -0.2) is 5.91 Å². The molecular formula is C11H12FNO. The van der Waals surface area contributed by atoms with Crippen molar-refractivity contribution in [1.82, 2.24) is 0 Å². The number of benzene rings is 1. The Bertz CT molecular complexity index is 372. The SMILES string of the molecule is Cc1c(F)cccc1C=CCC(N)=O. The van der Waals surface area contributed by atoms with E-state index in [-0.39, 0.29) is 12.2 Å². The molecule has 0 aliphatic heterocycles. The van der Waals surface area contributed by atoms with Crippen LogP contribution in [0, 0.1) is 12.7 Å². The second-order valence-corrected chi connectivity index (χ2v) is 3.03. The maximum atomic E-state index is 13.0. The van der Waals surface area contributed by atoms with Gasteiger partial charge in [-0.2, -0.15) is 0 Å². The molecule has 0 aliphatic rings. The highest BCUT2D eigenvalue weighted by atomic mass is 19.1. The minimum atomic E-state index is -0.393.